The Morgan fingerprint density at radius 3 is 2.33 bits per heavy atom. The van der Waals surface area contributed by atoms with Gasteiger partial charge in [0.15, 0.2) is 0 Å². The van der Waals surface area contributed by atoms with Crippen molar-refractivity contribution in [3.8, 4) is 0 Å². The van der Waals surface area contributed by atoms with E-state index in [0.717, 1.165) is 12.8 Å². The van der Waals surface area contributed by atoms with Crippen molar-refractivity contribution >= 4 is 11.8 Å². The predicted molar refractivity (Wildman–Crippen MR) is 82.9 cm³/mol. The number of methoxy groups -OCH3 is 1. The van der Waals surface area contributed by atoms with Crippen LogP contribution in [0.5, 0.6) is 0 Å². The maximum atomic E-state index is 12.9. The third-order valence-corrected chi connectivity index (χ3v) is 4.05. The van der Waals surface area contributed by atoms with E-state index in [2.05, 4.69) is 12.2 Å². The van der Waals surface area contributed by atoms with Crippen LogP contribution in [0.15, 0.2) is 0 Å². The van der Waals surface area contributed by atoms with Crippen LogP contribution in [0.1, 0.15) is 53.9 Å². The minimum absolute atomic E-state index is 0.0180. The third kappa shape index (κ3) is 3.96. The zero-order valence-electron chi connectivity index (χ0n) is 14.2. The second-order valence-electron chi connectivity index (χ2n) is 6.88. The van der Waals surface area contributed by atoms with Gasteiger partial charge in [-0.2, -0.15) is 0 Å². The Bertz CT molecular complexity index is 370. The van der Waals surface area contributed by atoms with Crippen molar-refractivity contribution in [2.45, 2.75) is 72.0 Å². The first-order valence-corrected chi connectivity index (χ1v) is 7.89. The van der Waals surface area contributed by atoms with Gasteiger partial charge in [-0.1, -0.05) is 41.0 Å². The Hall–Kier alpha value is -1.10. The number of piperazine rings is 1. The Labute approximate surface area is 128 Å². The molecule has 0 aromatic heterocycles. The van der Waals surface area contributed by atoms with Gasteiger partial charge in [0, 0.05) is 7.11 Å². The van der Waals surface area contributed by atoms with Crippen molar-refractivity contribution in [3.05, 3.63) is 0 Å². The van der Waals surface area contributed by atoms with Crippen LogP contribution in [0, 0.1) is 5.41 Å². The molecule has 1 heterocycles. The van der Waals surface area contributed by atoms with Crippen molar-refractivity contribution in [1.82, 2.24) is 10.2 Å². The van der Waals surface area contributed by atoms with Crippen LogP contribution in [0.2, 0.25) is 0 Å². The van der Waals surface area contributed by atoms with Gasteiger partial charge in [0.1, 0.15) is 12.1 Å². The standard InChI is InChI=1S/C16H30N2O3/c1-7-9-11(10-21-6)18-12(8-2)14(19)17-13(15(18)20)16(3,4)5/h11-13H,7-10H2,1-6H3,(H,17,19). The monoisotopic (exact) mass is 298 g/mol. The molecule has 1 N–H and O–H groups in total. The summed E-state index contributed by atoms with van der Waals surface area (Å²) in [6.45, 7) is 10.4. The minimum Gasteiger partial charge on any atom is -0.383 e. The molecule has 3 atom stereocenters. The number of rotatable bonds is 6. The van der Waals surface area contributed by atoms with Crippen molar-refractivity contribution in [1.29, 1.82) is 0 Å². The molecule has 1 saturated heterocycles. The molecule has 5 heteroatoms. The molecule has 0 aromatic carbocycles. The molecule has 0 aromatic rings. The van der Waals surface area contributed by atoms with Gasteiger partial charge in [0.2, 0.25) is 11.8 Å². The van der Waals surface area contributed by atoms with Crippen LogP contribution in [0.25, 0.3) is 0 Å². The highest BCUT2D eigenvalue weighted by atomic mass is 16.5. The topological polar surface area (TPSA) is 58.6 Å². The summed E-state index contributed by atoms with van der Waals surface area (Å²) in [5.41, 5.74) is -0.298. The van der Waals surface area contributed by atoms with Crippen molar-refractivity contribution in [3.63, 3.8) is 0 Å². The maximum absolute atomic E-state index is 12.9. The van der Waals surface area contributed by atoms with E-state index < -0.39 is 6.04 Å². The zero-order chi connectivity index (χ0) is 16.2. The van der Waals surface area contributed by atoms with Crippen molar-refractivity contribution in [2.75, 3.05) is 13.7 Å². The van der Waals surface area contributed by atoms with E-state index in [1.165, 1.54) is 0 Å². The lowest BCUT2D eigenvalue weighted by atomic mass is 9.83. The van der Waals surface area contributed by atoms with Gasteiger partial charge in [-0.3, -0.25) is 9.59 Å². The molecule has 0 spiro atoms. The second-order valence-corrected chi connectivity index (χ2v) is 6.88. The molecule has 1 aliphatic heterocycles. The van der Waals surface area contributed by atoms with Gasteiger partial charge >= 0.3 is 0 Å². The summed E-state index contributed by atoms with van der Waals surface area (Å²) in [7, 11) is 1.64. The molecular formula is C16H30N2O3. The van der Waals surface area contributed by atoms with E-state index in [-0.39, 0.29) is 29.3 Å². The second kappa shape index (κ2) is 7.25. The molecule has 1 rings (SSSR count). The van der Waals surface area contributed by atoms with E-state index >= 15 is 0 Å². The van der Waals surface area contributed by atoms with E-state index in [1.807, 2.05) is 27.7 Å². The number of nitrogens with zero attached hydrogens (tertiary/aromatic N) is 1. The SMILES string of the molecule is CCCC(COC)N1C(=O)C(C(C)(C)C)NC(=O)C1CC. The number of hydrogen-bond acceptors (Lipinski definition) is 3. The van der Waals surface area contributed by atoms with Gasteiger partial charge in [-0.15, -0.1) is 0 Å². The molecule has 1 fully saturated rings. The Balaban J connectivity index is 3.13. The van der Waals surface area contributed by atoms with Crippen LogP contribution >= 0.6 is 0 Å². The fraction of sp³-hybridized carbons (Fsp3) is 0.875. The average Bonchev–Trinajstić information content (AvgIpc) is 2.39. The molecule has 0 aliphatic carbocycles. The van der Waals surface area contributed by atoms with Crippen LogP contribution in [0.4, 0.5) is 0 Å². The van der Waals surface area contributed by atoms with Gasteiger partial charge < -0.3 is 15.0 Å². The molecule has 1 aliphatic rings. The lowest BCUT2D eigenvalue weighted by Gasteiger charge is -2.46. The molecule has 5 nitrogen and oxygen atoms in total. The van der Waals surface area contributed by atoms with Gasteiger partial charge in [0.25, 0.3) is 0 Å². The number of carbonyl (C=O) groups is 2. The quantitative estimate of drug-likeness (QED) is 0.815. The molecule has 2 amide bonds. The predicted octanol–water partition coefficient (Wildman–Crippen LogP) is 1.95. The molecule has 3 unspecified atom stereocenters. The Kier molecular flexibility index (Phi) is 6.20. The summed E-state index contributed by atoms with van der Waals surface area (Å²) in [4.78, 5) is 27.1. The molecule has 0 radical (unpaired) electrons. The first-order valence-electron chi connectivity index (χ1n) is 7.89. The van der Waals surface area contributed by atoms with Crippen LogP contribution in [-0.4, -0.2) is 48.6 Å². The van der Waals surface area contributed by atoms with Crippen LogP contribution in [0.3, 0.4) is 0 Å². The van der Waals surface area contributed by atoms with Crippen LogP contribution in [-0.2, 0) is 14.3 Å². The van der Waals surface area contributed by atoms with Gasteiger partial charge in [-0.05, 0) is 18.3 Å². The van der Waals surface area contributed by atoms with Crippen molar-refractivity contribution < 1.29 is 14.3 Å². The molecule has 0 bridgehead atoms. The van der Waals surface area contributed by atoms with Gasteiger partial charge in [0.05, 0.1) is 12.6 Å². The molecule has 21 heavy (non-hydrogen) atoms. The maximum Gasteiger partial charge on any atom is 0.246 e. The average molecular weight is 298 g/mol. The first-order chi connectivity index (χ1) is 9.77. The first kappa shape index (κ1) is 18.0. The Morgan fingerprint density at radius 1 is 1.29 bits per heavy atom. The summed E-state index contributed by atoms with van der Waals surface area (Å²) < 4.78 is 5.28. The number of nitrogens with one attached hydrogen (secondary N) is 1. The number of ether oxygens (including phenoxy) is 1. The molecular weight excluding hydrogens is 268 g/mol. The normalized spacial score (nSPS) is 25.0. The van der Waals surface area contributed by atoms with E-state index in [1.54, 1.807) is 12.0 Å². The third-order valence-electron chi connectivity index (χ3n) is 4.05. The highest BCUT2D eigenvalue weighted by Gasteiger charge is 2.46. The Morgan fingerprint density at radius 2 is 1.90 bits per heavy atom. The zero-order valence-corrected chi connectivity index (χ0v) is 14.2. The van der Waals surface area contributed by atoms with Crippen molar-refractivity contribution in [2.24, 2.45) is 5.41 Å². The summed E-state index contributed by atoms with van der Waals surface area (Å²) in [6, 6.07) is -0.889. The highest BCUT2D eigenvalue weighted by Crippen LogP contribution is 2.28. The van der Waals surface area contributed by atoms with Gasteiger partial charge in [-0.25, -0.2) is 0 Å². The summed E-state index contributed by atoms with van der Waals surface area (Å²) in [5, 5.41) is 2.91. The summed E-state index contributed by atoms with van der Waals surface area (Å²) in [6.07, 6.45) is 2.43. The number of amides is 2. The highest BCUT2D eigenvalue weighted by molar-refractivity contribution is 5.97. The largest absolute Gasteiger partial charge is 0.383 e. The summed E-state index contributed by atoms with van der Waals surface area (Å²) >= 11 is 0. The van der Waals surface area contributed by atoms with Crippen LogP contribution < -0.4 is 5.32 Å². The lowest BCUT2D eigenvalue weighted by molar-refractivity contribution is -0.157. The minimum atomic E-state index is -0.469. The summed E-state index contributed by atoms with van der Waals surface area (Å²) in [5.74, 6) is -0.0290. The molecule has 0 saturated carbocycles. The van der Waals surface area contributed by atoms with E-state index in [9.17, 15) is 9.59 Å². The number of carbonyl (C=O) groups excluding carboxylic acids is 2. The number of hydrogen-bond donors (Lipinski definition) is 1. The fourth-order valence-electron chi connectivity index (χ4n) is 2.96. The smallest absolute Gasteiger partial charge is 0.246 e. The van der Waals surface area contributed by atoms with E-state index in [0.29, 0.717) is 13.0 Å². The fourth-order valence-corrected chi connectivity index (χ4v) is 2.96. The lowest BCUT2D eigenvalue weighted by Crippen LogP contribution is -2.68. The van der Waals surface area contributed by atoms with E-state index in [4.69, 9.17) is 4.74 Å². The molecule has 122 valence electrons.